The number of amides is 1. The van der Waals surface area contributed by atoms with Gasteiger partial charge in [-0.05, 0) is 30.5 Å². The van der Waals surface area contributed by atoms with E-state index >= 15 is 0 Å². The molecule has 5 heteroatoms. The van der Waals surface area contributed by atoms with Crippen molar-refractivity contribution in [1.82, 2.24) is 9.80 Å². The number of carbonyl (C=O) groups excluding carboxylic acids is 1. The Morgan fingerprint density at radius 1 is 1.26 bits per heavy atom. The van der Waals surface area contributed by atoms with Crippen molar-refractivity contribution in [2.24, 2.45) is 0 Å². The third-order valence-electron chi connectivity index (χ3n) is 3.29. The summed E-state index contributed by atoms with van der Waals surface area (Å²) in [6, 6.07) is 9.87. The molecule has 0 atom stereocenters. The Balaban J connectivity index is 1.95. The lowest BCUT2D eigenvalue weighted by molar-refractivity contribution is 0.0651. The van der Waals surface area contributed by atoms with Crippen molar-refractivity contribution < 1.29 is 4.79 Å². The fourth-order valence-corrected chi connectivity index (χ4v) is 2.53. The van der Waals surface area contributed by atoms with Gasteiger partial charge in [-0.25, -0.2) is 0 Å². The standard InChI is InChI=1S/C14H17N3OS/c1-19-13-4-2-12(3-5-13)14(18)17-10-8-16(7-6-15)9-11-17/h2-5H,7-11H2,1H3. The highest BCUT2D eigenvalue weighted by Crippen LogP contribution is 2.16. The van der Waals surface area contributed by atoms with Crippen molar-refractivity contribution in [2.75, 3.05) is 39.0 Å². The van der Waals surface area contributed by atoms with E-state index in [0.29, 0.717) is 19.6 Å². The summed E-state index contributed by atoms with van der Waals surface area (Å²) in [4.78, 5) is 17.4. The van der Waals surface area contributed by atoms with Crippen LogP contribution >= 0.6 is 11.8 Å². The van der Waals surface area contributed by atoms with E-state index in [1.807, 2.05) is 35.4 Å². The van der Waals surface area contributed by atoms with Crippen LogP contribution in [0.1, 0.15) is 10.4 Å². The molecular weight excluding hydrogens is 258 g/mol. The fraction of sp³-hybridized carbons (Fsp3) is 0.429. The molecule has 0 aromatic heterocycles. The minimum atomic E-state index is 0.0873. The minimum absolute atomic E-state index is 0.0873. The van der Waals surface area contributed by atoms with Crippen LogP contribution in [0.25, 0.3) is 0 Å². The molecule has 1 amide bonds. The molecular formula is C14H17N3OS. The molecule has 1 aromatic carbocycles. The zero-order valence-electron chi connectivity index (χ0n) is 11.0. The highest BCUT2D eigenvalue weighted by molar-refractivity contribution is 7.98. The number of nitrogens with zero attached hydrogens (tertiary/aromatic N) is 3. The monoisotopic (exact) mass is 275 g/mol. The second-order valence-electron chi connectivity index (χ2n) is 4.45. The molecule has 1 saturated heterocycles. The Labute approximate surface area is 118 Å². The van der Waals surface area contributed by atoms with Crippen LogP contribution in [0.2, 0.25) is 0 Å². The van der Waals surface area contributed by atoms with Gasteiger partial charge in [-0.3, -0.25) is 9.69 Å². The first-order chi connectivity index (χ1) is 9.24. The number of nitriles is 1. The van der Waals surface area contributed by atoms with E-state index in [4.69, 9.17) is 5.26 Å². The molecule has 100 valence electrons. The summed E-state index contributed by atoms with van der Waals surface area (Å²) in [6.45, 7) is 3.41. The maximum absolute atomic E-state index is 12.3. The molecule has 1 fully saturated rings. The van der Waals surface area contributed by atoms with E-state index in [9.17, 15) is 4.79 Å². The maximum Gasteiger partial charge on any atom is 0.253 e. The third kappa shape index (κ3) is 3.49. The molecule has 0 aliphatic carbocycles. The van der Waals surface area contributed by atoms with Gasteiger partial charge >= 0.3 is 0 Å². The summed E-state index contributed by atoms with van der Waals surface area (Å²) in [6.07, 6.45) is 2.02. The quantitative estimate of drug-likeness (QED) is 0.622. The predicted molar refractivity (Wildman–Crippen MR) is 76.2 cm³/mol. The second kappa shape index (κ2) is 6.60. The van der Waals surface area contributed by atoms with Crippen molar-refractivity contribution in [2.45, 2.75) is 4.90 Å². The fourth-order valence-electron chi connectivity index (χ4n) is 2.13. The molecule has 0 saturated carbocycles. The van der Waals surface area contributed by atoms with Crippen LogP contribution < -0.4 is 0 Å². The molecule has 1 heterocycles. The Morgan fingerprint density at radius 2 is 1.89 bits per heavy atom. The minimum Gasteiger partial charge on any atom is -0.336 e. The van der Waals surface area contributed by atoms with E-state index in [2.05, 4.69) is 11.0 Å². The molecule has 0 N–H and O–H groups in total. The largest absolute Gasteiger partial charge is 0.336 e. The number of piperazine rings is 1. The van der Waals surface area contributed by atoms with Crippen LogP contribution in [0.4, 0.5) is 0 Å². The molecule has 19 heavy (non-hydrogen) atoms. The van der Waals surface area contributed by atoms with Crippen LogP contribution in [0, 0.1) is 11.3 Å². The zero-order valence-corrected chi connectivity index (χ0v) is 11.8. The maximum atomic E-state index is 12.3. The van der Waals surface area contributed by atoms with Crippen LogP contribution in [-0.2, 0) is 0 Å². The molecule has 0 unspecified atom stereocenters. The van der Waals surface area contributed by atoms with Gasteiger partial charge in [0.1, 0.15) is 0 Å². The number of benzene rings is 1. The lowest BCUT2D eigenvalue weighted by Crippen LogP contribution is -2.48. The van der Waals surface area contributed by atoms with Crippen molar-refractivity contribution in [3.63, 3.8) is 0 Å². The Kier molecular flexibility index (Phi) is 4.83. The van der Waals surface area contributed by atoms with Gasteiger partial charge in [0.05, 0.1) is 12.6 Å². The van der Waals surface area contributed by atoms with Gasteiger partial charge in [-0.1, -0.05) is 0 Å². The van der Waals surface area contributed by atoms with Gasteiger partial charge in [-0.15, -0.1) is 11.8 Å². The topological polar surface area (TPSA) is 47.3 Å². The molecule has 1 aromatic rings. The number of hydrogen-bond donors (Lipinski definition) is 0. The molecule has 4 nitrogen and oxygen atoms in total. The summed E-state index contributed by atoms with van der Waals surface area (Å²) in [5.41, 5.74) is 0.742. The summed E-state index contributed by atoms with van der Waals surface area (Å²) >= 11 is 1.67. The zero-order chi connectivity index (χ0) is 13.7. The van der Waals surface area contributed by atoms with Crippen molar-refractivity contribution >= 4 is 17.7 Å². The van der Waals surface area contributed by atoms with Gasteiger partial charge in [-0.2, -0.15) is 5.26 Å². The Hall–Kier alpha value is -1.51. The van der Waals surface area contributed by atoms with Crippen molar-refractivity contribution in [3.05, 3.63) is 29.8 Å². The summed E-state index contributed by atoms with van der Waals surface area (Å²) in [7, 11) is 0. The second-order valence-corrected chi connectivity index (χ2v) is 5.33. The van der Waals surface area contributed by atoms with Gasteiger partial charge in [0.2, 0.25) is 0 Å². The van der Waals surface area contributed by atoms with Crippen LogP contribution in [-0.4, -0.2) is 54.7 Å². The third-order valence-corrected chi connectivity index (χ3v) is 4.03. The van der Waals surface area contributed by atoms with Crippen LogP contribution in [0.3, 0.4) is 0 Å². The van der Waals surface area contributed by atoms with E-state index in [-0.39, 0.29) is 5.91 Å². The van der Waals surface area contributed by atoms with Crippen LogP contribution in [0.5, 0.6) is 0 Å². The predicted octanol–water partition coefficient (Wildman–Crippen LogP) is 1.69. The van der Waals surface area contributed by atoms with Gasteiger partial charge in [0.15, 0.2) is 0 Å². The first-order valence-electron chi connectivity index (χ1n) is 6.27. The highest BCUT2D eigenvalue weighted by Gasteiger charge is 2.21. The Morgan fingerprint density at radius 3 is 2.42 bits per heavy atom. The molecule has 1 aliphatic heterocycles. The molecule has 0 radical (unpaired) electrons. The van der Waals surface area contributed by atoms with E-state index in [0.717, 1.165) is 23.5 Å². The van der Waals surface area contributed by atoms with Gasteiger partial charge in [0, 0.05) is 36.6 Å². The SMILES string of the molecule is CSc1ccc(C(=O)N2CCN(CC#N)CC2)cc1. The Bertz CT molecular complexity index is 472. The molecule has 2 rings (SSSR count). The number of rotatable bonds is 3. The lowest BCUT2D eigenvalue weighted by atomic mass is 10.2. The summed E-state index contributed by atoms with van der Waals surface area (Å²) in [5.74, 6) is 0.0873. The molecule has 1 aliphatic rings. The first kappa shape index (κ1) is 13.9. The number of carbonyl (C=O) groups is 1. The lowest BCUT2D eigenvalue weighted by Gasteiger charge is -2.33. The average molecular weight is 275 g/mol. The normalized spacial score (nSPS) is 16.1. The van der Waals surface area contributed by atoms with E-state index in [1.54, 1.807) is 11.8 Å². The highest BCUT2D eigenvalue weighted by atomic mass is 32.2. The smallest absolute Gasteiger partial charge is 0.253 e. The van der Waals surface area contributed by atoms with Gasteiger partial charge < -0.3 is 4.90 Å². The van der Waals surface area contributed by atoms with Crippen molar-refractivity contribution in [1.29, 1.82) is 5.26 Å². The van der Waals surface area contributed by atoms with E-state index in [1.165, 1.54) is 0 Å². The van der Waals surface area contributed by atoms with E-state index < -0.39 is 0 Å². The summed E-state index contributed by atoms with van der Waals surface area (Å²) in [5, 5.41) is 8.65. The molecule has 0 bridgehead atoms. The first-order valence-corrected chi connectivity index (χ1v) is 7.49. The number of hydrogen-bond acceptors (Lipinski definition) is 4. The summed E-state index contributed by atoms with van der Waals surface area (Å²) < 4.78 is 0. The van der Waals surface area contributed by atoms with Crippen LogP contribution in [0.15, 0.2) is 29.2 Å². The molecule has 0 spiro atoms. The van der Waals surface area contributed by atoms with Gasteiger partial charge in [0.25, 0.3) is 5.91 Å². The van der Waals surface area contributed by atoms with Crippen molar-refractivity contribution in [3.8, 4) is 6.07 Å². The number of thioether (sulfide) groups is 1. The average Bonchev–Trinajstić information content (AvgIpc) is 2.48.